The van der Waals surface area contributed by atoms with Gasteiger partial charge in [0.25, 0.3) is 11.8 Å². The second-order valence-electron chi connectivity index (χ2n) is 7.15. The van der Waals surface area contributed by atoms with Gasteiger partial charge in [-0.15, -0.1) is 0 Å². The standard InChI is InChI=1S/C19H27I3N4O8/c1-8(29)26(5-9(30)2-23)17-15(21)12(18(33)24-3-10(31)6-27)14(20)13(16(17)22)19(34)25-4-11(32)7-28/h9-11,27-28,30-32H,2-7,23H2,1H3,(H,24,33)(H,25,34). The van der Waals surface area contributed by atoms with Crippen LogP contribution >= 0.6 is 67.8 Å². The van der Waals surface area contributed by atoms with Crippen LogP contribution in [-0.4, -0.2) is 101 Å². The lowest BCUT2D eigenvalue weighted by Gasteiger charge is -2.28. The lowest BCUT2D eigenvalue weighted by Crippen LogP contribution is -2.42. The third kappa shape index (κ3) is 8.32. The highest BCUT2D eigenvalue weighted by atomic mass is 127. The zero-order valence-electron chi connectivity index (χ0n) is 18.1. The van der Waals surface area contributed by atoms with Crippen LogP contribution in [0.15, 0.2) is 0 Å². The summed E-state index contributed by atoms with van der Waals surface area (Å²) in [7, 11) is 0. The first-order valence-corrected chi connectivity index (χ1v) is 13.2. The summed E-state index contributed by atoms with van der Waals surface area (Å²) in [5.41, 5.74) is 5.81. The number of carbonyl (C=O) groups is 3. The van der Waals surface area contributed by atoms with Gasteiger partial charge in [0.05, 0.1) is 62.0 Å². The predicted octanol–water partition coefficient (Wildman–Crippen LogP) is -1.66. The number of hydrogen-bond acceptors (Lipinski definition) is 9. The SMILES string of the molecule is CC(=O)N(CC(O)CN)c1c(I)c(C(=O)NCC(O)CO)c(I)c(C(=O)NCC(O)CO)c1I. The van der Waals surface area contributed by atoms with E-state index in [1.54, 1.807) is 0 Å². The molecule has 9 N–H and O–H groups in total. The van der Waals surface area contributed by atoms with Gasteiger partial charge in [-0.1, -0.05) is 0 Å². The number of anilines is 1. The number of carbonyl (C=O) groups excluding carboxylic acids is 3. The summed E-state index contributed by atoms with van der Waals surface area (Å²) in [6, 6.07) is 0. The van der Waals surface area contributed by atoms with Crippen molar-refractivity contribution in [1.29, 1.82) is 0 Å². The fourth-order valence-corrected chi connectivity index (χ4v) is 7.40. The van der Waals surface area contributed by atoms with E-state index < -0.39 is 49.2 Å². The molecule has 0 heterocycles. The Morgan fingerprint density at radius 2 is 1.26 bits per heavy atom. The summed E-state index contributed by atoms with van der Waals surface area (Å²) in [5, 5.41) is 52.3. The normalized spacial score (nSPS) is 13.7. The topological polar surface area (TPSA) is 206 Å². The molecule has 15 heteroatoms. The van der Waals surface area contributed by atoms with E-state index in [-0.39, 0.29) is 46.6 Å². The van der Waals surface area contributed by atoms with Gasteiger partial charge in [0, 0.05) is 30.1 Å². The van der Waals surface area contributed by atoms with E-state index in [1.807, 2.05) is 67.8 Å². The fraction of sp³-hybridized carbons (Fsp3) is 0.526. The number of nitrogens with zero attached hydrogens (tertiary/aromatic N) is 1. The average molecular weight is 820 g/mol. The third-order valence-electron chi connectivity index (χ3n) is 4.48. The molecule has 0 saturated heterocycles. The van der Waals surface area contributed by atoms with E-state index in [4.69, 9.17) is 15.9 Å². The molecule has 0 aliphatic heterocycles. The van der Waals surface area contributed by atoms with Crippen molar-refractivity contribution in [2.45, 2.75) is 25.2 Å². The van der Waals surface area contributed by atoms with Crippen LogP contribution < -0.4 is 21.3 Å². The first kappa shape index (κ1) is 31.6. The van der Waals surface area contributed by atoms with E-state index in [2.05, 4.69) is 10.6 Å². The maximum Gasteiger partial charge on any atom is 0.253 e. The third-order valence-corrected chi connectivity index (χ3v) is 7.66. The van der Waals surface area contributed by atoms with Crippen LogP contribution in [0.4, 0.5) is 5.69 Å². The first-order chi connectivity index (χ1) is 15.9. The van der Waals surface area contributed by atoms with Crippen LogP contribution in [0, 0.1) is 10.7 Å². The van der Waals surface area contributed by atoms with Crippen LogP contribution in [0.1, 0.15) is 27.6 Å². The molecule has 0 aliphatic rings. The molecule has 3 atom stereocenters. The minimum Gasteiger partial charge on any atom is -0.394 e. The maximum absolute atomic E-state index is 13.0. The Morgan fingerprint density at radius 3 is 1.59 bits per heavy atom. The van der Waals surface area contributed by atoms with Crippen molar-refractivity contribution in [1.82, 2.24) is 10.6 Å². The van der Waals surface area contributed by atoms with Crippen molar-refractivity contribution < 1.29 is 39.9 Å². The lowest BCUT2D eigenvalue weighted by molar-refractivity contribution is -0.116. The smallest absolute Gasteiger partial charge is 0.253 e. The Bertz CT molecular complexity index is 852. The molecule has 1 aromatic rings. The van der Waals surface area contributed by atoms with Crippen molar-refractivity contribution in [2.24, 2.45) is 5.73 Å². The average Bonchev–Trinajstić information content (AvgIpc) is 2.79. The molecule has 1 rings (SSSR count). The molecular weight excluding hydrogens is 793 g/mol. The van der Waals surface area contributed by atoms with Crippen molar-refractivity contribution >= 4 is 91.2 Å². The van der Waals surface area contributed by atoms with Crippen LogP contribution in [0.2, 0.25) is 0 Å². The molecule has 1 aromatic carbocycles. The predicted molar refractivity (Wildman–Crippen MR) is 149 cm³/mol. The van der Waals surface area contributed by atoms with Crippen LogP contribution in [-0.2, 0) is 4.79 Å². The summed E-state index contributed by atoms with van der Waals surface area (Å²) in [5.74, 6) is -1.79. The summed E-state index contributed by atoms with van der Waals surface area (Å²) in [6.45, 7) is -0.690. The Balaban J connectivity index is 3.73. The van der Waals surface area contributed by atoms with E-state index in [0.29, 0.717) is 7.14 Å². The van der Waals surface area contributed by atoms with Crippen LogP contribution in [0.5, 0.6) is 0 Å². The quantitative estimate of drug-likeness (QED) is 0.114. The highest BCUT2D eigenvalue weighted by Crippen LogP contribution is 2.38. The van der Waals surface area contributed by atoms with Gasteiger partial charge in [-0.2, -0.15) is 0 Å². The molecule has 0 saturated carbocycles. The molecular formula is C19H27I3N4O8. The summed E-state index contributed by atoms with van der Waals surface area (Å²) < 4.78 is 0.868. The molecule has 0 spiro atoms. The van der Waals surface area contributed by atoms with Crippen LogP contribution in [0.3, 0.4) is 0 Å². The molecule has 0 radical (unpaired) electrons. The second kappa shape index (κ2) is 15.0. The number of hydrogen-bond donors (Lipinski definition) is 8. The molecule has 0 aromatic heterocycles. The van der Waals surface area contributed by atoms with Gasteiger partial charge in [0.2, 0.25) is 5.91 Å². The molecule has 0 bridgehead atoms. The number of benzene rings is 1. The Morgan fingerprint density at radius 1 is 0.853 bits per heavy atom. The Kier molecular flexibility index (Phi) is 13.9. The number of amides is 3. The number of rotatable bonds is 12. The molecule has 3 amide bonds. The second-order valence-corrected chi connectivity index (χ2v) is 10.4. The van der Waals surface area contributed by atoms with Gasteiger partial charge in [0.1, 0.15) is 0 Å². The summed E-state index contributed by atoms with van der Waals surface area (Å²) in [6.07, 6.45) is -3.46. The van der Waals surface area contributed by atoms with E-state index in [0.717, 1.165) is 0 Å². The zero-order valence-corrected chi connectivity index (χ0v) is 24.6. The molecule has 34 heavy (non-hydrogen) atoms. The summed E-state index contributed by atoms with van der Waals surface area (Å²) >= 11 is 5.55. The van der Waals surface area contributed by atoms with Gasteiger partial charge >= 0.3 is 0 Å². The van der Waals surface area contributed by atoms with E-state index in [9.17, 15) is 29.7 Å². The molecule has 3 unspecified atom stereocenters. The molecule has 0 aliphatic carbocycles. The van der Waals surface area contributed by atoms with E-state index >= 15 is 0 Å². The Labute approximate surface area is 237 Å². The minimum absolute atomic E-state index is 0.0445. The van der Waals surface area contributed by atoms with E-state index in [1.165, 1.54) is 11.8 Å². The fourth-order valence-electron chi connectivity index (χ4n) is 2.68. The van der Waals surface area contributed by atoms with Crippen molar-refractivity contribution in [3.63, 3.8) is 0 Å². The zero-order chi connectivity index (χ0) is 26.2. The number of nitrogens with two attached hydrogens (primary N) is 1. The minimum atomic E-state index is -1.20. The Hall–Kier alpha value is -0.420. The largest absolute Gasteiger partial charge is 0.394 e. The number of aliphatic hydroxyl groups excluding tert-OH is 5. The number of nitrogens with one attached hydrogen (secondary N) is 2. The van der Waals surface area contributed by atoms with Gasteiger partial charge in [-0.25, -0.2) is 0 Å². The number of halogens is 3. The first-order valence-electron chi connectivity index (χ1n) is 9.91. The van der Waals surface area contributed by atoms with Gasteiger partial charge in [0.15, 0.2) is 0 Å². The van der Waals surface area contributed by atoms with Crippen LogP contribution in [0.25, 0.3) is 0 Å². The summed E-state index contributed by atoms with van der Waals surface area (Å²) in [4.78, 5) is 39.8. The molecule has 192 valence electrons. The van der Waals surface area contributed by atoms with Gasteiger partial charge in [-0.3, -0.25) is 14.4 Å². The molecule has 12 nitrogen and oxygen atoms in total. The van der Waals surface area contributed by atoms with Gasteiger partial charge in [-0.05, 0) is 67.8 Å². The lowest BCUT2D eigenvalue weighted by atomic mass is 10.1. The van der Waals surface area contributed by atoms with Crippen molar-refractivity contribution in [3.05, 3.63) is 21.8 Å². The highest BCUT2D eigenvalue weighted by molar-refractivity contribution is 14.1. The van der Waals surface area contributed by atoms with Gasteiger partial charge < -0.3 is 46.8 Å². The highest BCUT2D eigenvalue weighted by Gasteiger charge is 2.32. The molecule has 0 fully saturated rings. The maximum atomic E-state index is 13.0. The van der Waals surface area contributed by atoms with Crippen molar-refractivity contribution in [2.75, 3.05) is 44.3 Å². The van der Waals surface area contributed by atoms with Crippen molar-refractivity contribution in [3.8, 4) is 0 Å². The number of aliphatic hydroxyl groups is 5. The monoisotopic (exact) mass is 820 g/mol.